The summed E-state index contributed by atoms with van der Waals surface area (Å²) in [6, 6.07) is -10.2. The molecule has 74 heavy (non-hydrogen) atoms. The third-order valence-electron chi connectivity index (χ3n) is 10.5. The zero-order valence-corrected chi connectivity index (χ0v) is 33.1. The first-order valence-electron chi connectivity index (χ1n) is 17.6. The van der Waals surface area contributed by atoms with E-state index in [1.807, 2.05) is 0 Å². The average molecular weight is 1160 g/mol. The zero-order chi connectivity index (χ0) is 58.6. The smallest absolute Gasteiger partial charge is 0.460 e. The highest BCUT2D eigenvalue weighted by Crippen LogP contribution is 2.64. The van der Waals surface area contributed by atoms with Crippen LogP contribution >= 0.6 is 0 Å². The van der Waals surface area contributed by atoms with Gasteiger partial charge in [-0.3, -0.25) is 0 Å². The van der Waals surface area contributed by atoms with Crippen molar-refractivity contribution in [3.63, 3.8) is 0 Å². The highest BCUT2D eigenvalue weighted by atomic mass is 19.5. The van der Waals surface area contributed by atoms with Gasteiger partial charge in [-0.1, -0.05) is 24.3 Å². The molecule has 0 saturated heterocycles. The summed E-state index contributed by atoms with van der Waals surface area (Å²) in [6.07, 6.45) is -31.4. The van der Waals surface area contributed by atoms with Crippen LogP contribution in [0.4, 0.5) is 158 Å². The molecule has 0 heterocycles. The van der Waals surface area contributed by atoms with Crippen molar-refractivity contribution in [3.05, 3.63) is 70.8 Å². The van der Waals surface area contributed by atoms with Crippen LogP contribution in [0.25, 0.3) is 32.7 Å². The molecule has 0 spiro atoms. The number of phenols is 2. The van der Waals surface area contributed by atoms with Crippen molar-refractivity contribution in [1.29, 1.82) is 0 Å². The molecule has 0 aliphatic rings. The summed E-state index contributed by atoms with van der Waals surface area (Å²) in [7, 11) is 0. The Kier molecular flexibility index (Phi) is 13.6. The van der Waals surface area contributed by atoms with Gasteiger partial charge in [0.2, 0.25) is 0 Å². The second-order valence-corrected chi connectivity index (χ2v) is 15.0. The summed E-state index contributed by atoms with van der Waals surface area (Å²) in [5.41, 5.74) is -19.0. The lowest BCUT2D eigenvalue weighted by molar-refractivity contribution is -0.399. The quantitative estimate of drug-likeness (QED) is 0.131. The Morgan fingerprint density at radius 3 is 0.635 bits per heavy atom. The van der Waals surface area contributed by atoms with Gasteiger partial charge in [0.15, 0.2) is 0 Å². The van der Waals surface area contributed by atoms with Crippen LogP contribution in [0.1, 0.15) is 22.3 Å². The fraction of sp³-hybridized carbons (Fsp3) is 0.444. The van der Waals surface area contributed by atoms with Gasteiger partial charge < -0.3 is 10.2 Å². The number of hydrogen-bond acceptors (Lipinski definition) is 2. The molecule has 0 aliphatic heterocycles. The van der Waals surface area contributed by atoms with Crippen molar-refractivity contribution < 1.29 is 168 Å². The lowest BCUT2D eigenvalue weighted by Crippen LogP contribution is -2.59. The molecular formula is C36H10F36O2. The number of phenolic OH excluding ortho intramolecular Hbond substituents is 2. The van der Waals surface area contributed by atoms with Crippen molar-refractivity contribution >= 4 is 21.5 Å². The summed E-state index contributed by atoms with van der Waals surface area (Å²) in [5.74, 6) is -101. The first kappa shape index (κ1) is 61.0. The molecule has 4 rings (SSSR count). The van der Waals surface area contributed by atoms with Crippen molar-refractivity contribution in [2.24, 2.45) is 0 Å². The molecule has 4 aromatic carbocycles. The summed E-state index contributed by atoms with van der Waals surface area (Å²) >= 11 is 0. The third kappa shape index (κ3) is 8.02. The van der Waals surface area contributed by atoms with Gasteiger partial charge in [0.25, 0.3) is 0 Å². The Balaban J connectivity index is 2.40. The van der Waals surface area contributed by atoms with E-state index in [9.17, 15) is 133 Å². The maximum atomic E-state index is 15.6. The van der Waals surface area contributed by atoms with E-state index in [4.69, 9.17) is 0 Å². The Morgan fingerprint density at radius 2 is 0.432 bits per heavy atom. The highest BCUT2D eigenvalue weighted by Gasteiger charge is 2.85. The van der Waals surface area contributed by atoms with Crippen LogP contribution < -0.4 is 0 Å². The average Bonchev–Trinajstić information content (AvgIpc) is 3.20. The molecule has 0 unspecified atom stereocenters. The summed E-state index contributed by atoms with van der Waals surface area (Å²) in [4.78, 5) is 0. The van der Waals surface area contributed by atoms with Crippen LogP contribution in [-0.4, -0.2) is 82.3 Å². The standard InChI is InChI=1S/C36H10F36O2/c37-21(38,25(45,46)29(53,54)33(61,62)63)9-1-3-11-13(5-9)15(23(41,42)27(49,50)31(57,58)35(67,68)69)7-17(73)19(11)20-12-4-2-10(22(39,40)26(47,48)30(55,56)34(64,65)66)6-14(12)16(8-18(20)74)24(43,44)28(51,52)32(59,60)36(70,71)72/h1-8,73-74H. The van der Waals surface area contributed by atoms with E-state index < -0.39 is 211 Å². The molecule has 0 aromatic heterocycles. The van der Waals surface area contributed by atoms with Crippen molar-refractivity contribution in [2.45, 2.75) is 95.8 Å². The maximum absolute atomic E-state index is 15.6. The van der Waals surface area contributed by atoms with E-state index in [0.717, 1.165) is 0 Å². The molecule has 38 heteroatoms. The van der Waals surface area contributed by atoms with E-state index in [2.05, 4.69) is 0 Å². The maximum Gasteiger partial charge on any atom is 0.460 e. The third-order valence-corrected chi connectivity index (χ3v) is 10.5. The summed E-state index contributed by atoms with van der Waals surface area (Å²) in [5, 5.41) is 10.6. The lowest BCUT2D eigenvalue weighted by atomic mass is 9.82. The largest absolute Gasteiger partial charge is 0.507 e. The first-order chi connectivity index (χ1) is 32.2. The fourth-order valence-corrected chi connectivity index (χ4v) is 6.46. The molecule has 2 N–H and O–H groups in total. The molecule has 0 bridgehead atoms. The van der Waals surface area contributed by atoms with E-state index >= 15 is 35.1 Å². The number of aromatic hydroxyl groups is 2. The molecule has 0 fully saturated rings. The van der Waals surface area contributed by atoms with E-state index in [1.54, 1.807) is 0 Å². The van der Waals surface area contributed by atoms with Crippen LogP contribution in [-0.2, 0) is 23.7 Å². The number of halogens is 36. The van der Waals surface area contributed by atoms with Gasteiger partial charge in [-0.25, -0.2) is 0 Å². The molecule has 418 valence electrons. The second kappa shape index (κ2) is 16.5. The Hall–Kier alpha value is -5.52. The van der Waals surface area contributed by atoms with Crippen LogP contribution in [0, 0.1) is 0 Å². The van der Waals surface area contributed by atoms with Gasteiger partial charge in [-0.05, 0) is 45.8 Å². The van der Waals surface area contributed by atoms with E-state index in [0.29, 0.717) is 0 Å². The van der Waals surface area contributed by atoms with Crippen molar-refractivity contribution in [2.75, 3.05) is 0 Å². The van der Waals surface area contributed by atoms with Crippen LogP contribution in [0.3, 0.4) is 0 Å². The van der Waals surface area contributed by atoms with Crippen molar-refractivity contribution in [3.8, 4) is 22.6 Å². The Labute approximate surface area is 379 Å². The fourth-order valence-electron chi connectivity index (χ4n) is 6.46. The number of alkyl halides is 36. The highest BCUT2D eigenvalue weighted by molar-refractivity contribution is 6.11. The van der Waals surface area contributed by atoms with E-state index in [-0.39, 0.29) is 0 Å². The predicted octanol–water partition coefficient (Wildman–Crippen LogP) is 16.8. The molecule has 0 atom stereocenters. The van der Waals surface area contributed by atoms with Crippen LogP contribution in [0.2, 0.25) is 0 Å². The zero-order valence-electron chi connectivity index (χ0n) is 33.1. The summed E-state index contributed by atoms with van der Waals surface area (Å²) in [6.45, 7) is 0. The number of benzene rings is 4. The minimum absolute atomic E-state index is 0.941. The lowest BCUT2D eigenvalue weighted by Gasteiger charge is -2.36. The van der Waals surface area contributed by atoms with Gasteiger partial charge >= 0.3 is 95.8 Å². The molecule has 0 amide bonds. The van der Waals surface area contributed by atoms with Gasteiger partial charge in [-0.2, -0.15) is 158 Å². The van der Waals surface area contributed by atoms with Gasteiger partial charge in [-0.15, -0.1) is 0 Å². The van der Waals surface area contributed by atoms with E-state index in [1.165, 1.54) is 0 Å². The first-order valence-corrected chi connectivity index (χ1v) is 17.6. The predicted molar refractivity (Wildman–Crippen MR) is 170 cm³/mol. The van der Waals surface area contributed by atoms with Gasteiger partial charge in [0, 0.05) is 33.4 Å². The van der Waals surface area contributed by atoms with Crippen molar-refractivity contribution in [1.82, 2.24) is 0 Å². The molecule has 0 saturated carbocycles. The number of hydrogen-bond donors (Lipinski definition) is 2. The molecule has 2 nitrogen and oxygen atoms in total. The minimum atomic E-state index is -8.19. The molecule has 0 aliphatic carbocycles. The second-order valence-electron chi connectivity index (χ2n) is 15.0. The Bertz CT molecular complexity index is 2630. The van der Waals surface area contributed by atoms with Gasteiger partial charge in [0.05, 0.1) is 0 Å². The normalized spacial score (nSPS) is 15.7. The summed E-state index contributed by atoms with van der Waals surface area (Å²) < 4.78 is 507. The number of fused-ring (bicyclic) bond motifs is 2. The monoisotopic (exact) mass is 1160 g/mol. The van der Waals surface area contributed by atoms with Crippen LogP contribution in [0.5, 0.6) is 11.5 Å². The topological polar surface area (TPSA) is 40.5 Å². The number of rotatable bonds is 13. The molecular weight excluding hydrogens is 1150 g/mol. The van der Waals surface area contributed by atoms with Gasteiger partial charge in [0.1, 0.15) is 11.5 Å². The minimum Gasteiger partial charge on any atom is -0.507 e. The SMILES string of the molecule is Oc1cc(C(F)(F)C(F)(F)C(F)(F)C(F)(F)F)c2cc(C(F)(F)C(F)(F)C(F)(F)C(F)(F)F)ccc2c1-c1c(O)cc(C(F)(F)C(F)(F)C(F)(F)C(F)(F)F)c2cc(C(F)(F)C(F)(F)C(F)(F)C(F)(F)F)ccc12. The molecule has 4 aromatic rings. The molecule has 0 radical (unpaired) electrons. The van der Waals surface area contributed by atoms with Crippen LogP contribution in [0.15, 0.2) is 48.5 Å². The Morgan fingerprint density at radius 1 is 0.230 bits per heavy atom.